The summed E-state index contributed by atoms with van der Waals surface area (Å²) in [7, 11) is 0. The lowest BCUT2D eigenvalue weighted by molar-refractivity contribution is 0.549. The van der Waals surface area contributed by atoms with E-state index in [-0.39, 0.29) is 0 Å². The standard InChI is InChI=1S/C15H17Cl2NS/c1-10(8-13-7-6-11(2)19-13)18-9-12-4-3-5-14(16)15(12)17/h3-7,10,18H,8-9H2,1-2H3. The van der Waals surface area contributed by atoms with E-state index in [2.05, 4.69) is 31.3 Å². The van der Waals surface area contributed by atoms with Crippen molar-refractivity contribution in [3.05, 3.63) is 55.7 Å². The summed E-state index contributed by atoms with van der Waals surface area (Å²) in [5.41, 5.74) is 1.04. The van der Waals surface area contributed by atoms with Crippen LogP contribution in [0, 0.1) is 6.92 Å². The smallest absolute Gasteiger partial charge is 0.0637 e. The molecule has 1 atom stereocenters. The molecular weight excluding hydrogens is 297 g/mol. The van der Waals surface area contributed by atoms with Crippen molar-refractivity contribution >= 4 is 34.5 Å². The molecule has 1 aromatic heterocycles. The van der Waals surface area contributed by atoms with E-state index in [1.54, 1.807) is 0 Å². The molecule has 0 saturated carbocycles. The minimum atomic E-state index is 0.410. The molecule has 1 unspecified atom stereocenters. The van der Waals surface area contributed by atoms with Crippen LogP contribution in [0.2, 0.25) is 10.0 Å². The van der Waals surface area contributed by atoms with Crippen molar-refractivity contribution in [3.63, 3.8) is 0 Å². The molecule has 1 N–H and O–H groups in total. The molecule has 0 aliphatic carbocycles. The van der Waals surface area contributed by atoms with Crippen molar-refractivity contribution in [1.29, 1.82) is 0 Å². The average Bonchev–Trinajstić information content (AvgIpc) is 2.76. The summed E-state index contributed by atoms with van der Waals surface area (Å²) >= 11 is 14.0. The van der Waals surface area contributed by atoms with Gasteiger partial charge in [-0.2, -0.15) is 0 Å². The van der Waals surface area contributed by atoms with Gasteiger partial charge in [-0.05, 0) is 44.0 Å². The van der Waals surface area contributed by atoms with E-state index in [0.29, 0.717) is 16.1 Å². The van der Waals surface area contributed by atoms with E-state index in [4.69, 9.17) is 23.2 Å². The van der Waals surface area contributed by atoms with Gasteiger partial charge in [-0.1, -0.05) is 35.3 Å². The second-order valence-corrected chi connectivity index (χ2v) is 6.87. The number of rotatable bonds is 5. The lowest BCUT2D eigenvalue weighted by atomic mass is 10.1. The molecule has 0 saturated heterocycles. The van der Waals surface area contributed by atoms with Gasteiger partial charge in [0, 0.05) is 22.3 Å². The highest BCUT2D eigenvalue weighted by molar-refractivity contribution is 7.11. The fraction of sp³-hybridized carbons (Fsp3) is 0.333. The third kappa shape index (κ3) is 4.22. The van der Waals surface area contributed by atoms with Crippen molar-refractivity contribution in [2.75, 3.05) is 0 Å². The topological polar surface area (TPSA) is 12.0 Å². The van der Waals surface area contributed by atoms with Crippen LogP contribution < -0.4 is 5.32 Å². The maximum absolute atomic E-state index is 6.17. The molecule has 0 spiro atoms. The Hall–Kier alpha value is -0.540. The van der Waals surface area contributed by atoms with Gasteiger partial charge in [-0.25, -0.2) is 0 Å². The summed E-state index contributed by atoms with van der Waals surface area (Å²) in [6.07, 6.45) is 1.04. The molecular formula is C15H17Cl2NS. The summed E-state index contributed by atoms with van der Waals surface area (Å²) in [6.45, 7) is 5.07. The lowest BCUT2D eigenvalue weighted by Crippen LogP contribution is -2.27. The van der Waals surface area contributed by atoms with E-state index in [1.807, 2.05) is 29.5 Å². The molecule has 1 aromatic carbocycles. The molecule has 1 nitrogen and oxygen atoms in total. The second kappa shape index (κ2) is 6.76. The third-order valence-corrected chi connectivity index (χ3v) is 4.86. The largest absolute Gasteiger partial charge is 0.310 e. The van der Waals surface area contributed by atoms with Gasteiger partial charge in [-0.3, -0.25) is 0 Å². The number of halogens is 2. The predicted molar refractivity (Wildman–Crippen MR) is 85.5 cm³/mol. The minimum Gasteiger partial charge on any atom is -0.310 e. The molecule has 0 fully saturated rings. The normalized spacial score (nSPS) is 12.6. The Labute approximate surface area is 128 Å². The van der Waals surface area contributed by atoms with E-state index in [1.165, 1.54) is 9.75 Å². The van der Waals surface area contributed by atoms with Crippen molar-refractivity contribution in [2.24, 2.45) is 0 Å². The highest BCUT2D eigenvalue weighted by Gasteiger charge is 2.08. The molecule has 2 aromatic rings. The van der Waals surface area contributed by atoms with E-state index in [0.717, 1.165) is 18.5 Å². The molecule has 19 heavy (non-hydrogen) atoms. The Kier molecular flexibility index (Phi) is 5.28. The molecule has 4 heteroatoms. The van der Waals surface area contributed by atoms with Crippen LogP contribution in [0.4, 0.5) is 0 Å². The molecule has 1 heterocycles. The number of benzene rings is 1. The van der Waals surface area contributed by atoms with Crippen LogP contribution in [0.15, 0.2) is 30.3 Å². The predicted octanol–water partition coefficient (Wildman–Crippen LogP) is 5.08. The van der Waals surface area contributed by atoms with Gasteiger partial charge in [0.25, 0.3) is 0 Å². The zero-order valence-electron chi connectivity index (χ0n) is 11.0. The first-order chi connectivity index (χ1) is 9.06. The van der Waals surface area contributed by atoms with Gasteiger partial charge in [0.1, 0.15) is 0 Å². The quantitative estimate of drug-likeness (QED) is 0.811. The Bertz CT molecular complexity index is 551. The highest BCUT2D eigenvalue weighted by Crippen LogP contribution is 2.25. The fourth-order valence-corrected chi connectivity index (χ4v) is 3.34. The van der Waals surface area contributed by atoms with Crippen LogP contribution >= 0.6 is 34.5 Å². The molecule has 0 radical (unpaired) electrons. The lowest BCUT2D eigenvalue weighted by Gasteiger charge is -2.14. The van der Waals surface area contributed by atoms with E-state index >= 15 is 0 Å². The summed E-state index contributed by atoms with van der Waals surface area (Å²) in [6, 6.07) is 10.5. The number of aryl methyl sites for hydroxylation is 1. The first-order valence-electron chi connectivity index (χ1n) is 6.28. The summed E-state index contributed by atoms with van der Waals surface area (Å²) in [4.78, 5) is 2.77. The van der Waals surface area contributed by atoms with Gasteiger partial charge < -0.3 is 5.32 Å². The van der Waals surface area contributed by atoms with Gasteiger partial charge >= 0.3 is 0 Å². The Morgan fingerprint density at radius 2 is 2.00 bits per heavy atom. The van der Waals surface area contributed by atoms with Crippen LogP contribution in [-0.4, -0.2) is 6.04 Å². The molecule has 0 amide bonds. The van der Waals surface area contributed by atoms with Gasteiger partial charge in [0.15, 0.2) is 0 Å². The minimum absolute atomic E-state index is 0.410. The van der Waals surface area contributed by atoms with Gasteiger partial charge in [0.2, 0.25) is 0 Å². The number of thiophene rings is 1. The average molecular weight is 314 g/mol. The van der Waals surface area contributed by atoms with Crippen LogP contribution in [0.1, 0.15) is 22.2 Å². The third-order valence-electron chi connectivity index (χ3n) is 2.98. The van der Waals surface area contributed by atoms with Crippen molar-refractivity contribution in [1.82, 2.24) is 5.32 Å². The molecule has 102 valence electrons. The molecule has 2 rings (SSSR count). The monoisotopic (exact) mass is 313 g/mol. The van der Waals surface area contributed by atoms with Crippen molar-refractivity contribution in [3.8, 4) is 0 Å². The molecule has 0 bridgehead atoms. The van der Waals surface area contributed by atoms with E-state index in [9.17, 15) is 0 Å². The highest BCUT2D eigenvalue weighted by atomic mass is 35.5. The maximum atomic E-state index is 6.17. The van der Waals surface area contributed by atoms with E-state index < -0.39 is 0 Å². The Morgan fingerprint density at radius 1 is 1.21 bits per heavy atom. The summed E-state index contributed by atoms with van der Waals surface area (Å²) in [5.74, 6) is 0. The van der Waals surface area contributed by atoms with Crippen molar-refractivity contribution in [2.45, 2.75) is 32.9 Å². The first-order valence-corrected chi connectivity index (χ1v) is 7.85. The maximum Gasteiger partial charge on any atom is 0.0637 e. The fourth-order valence-electron chi connectivity index (χ4n) is 1.94. The van der Waals surface area contributed by atoms with Crippen LogP contribution in [0.25, 0.3) is 0 Å². The number of hydrogen-bond acceptors (Lipinski definition) is 2. The zero-order chi connectivity index (χ0) is 13.8. The SMILES string of the molecule is Cc1ccc(CC(C)NCc2cccc(Cl)c2Cl)s1. The van der Waals surface area contributed by atoms with Gasteiger partial charge in [0.05, 0.1) is 10.0 Å². The summed E-state index contributed by atoms with van der Waals surface area (Å²) < 4.78 is 0. The second-order valence-electron chi connectivity index (χ2n) is 4.71. The zero-order valence-corrected chi connectivity index (χ0v) is 13.4. The van der Waals surface area contributed by atoms with Crippen LogP contribution in [-0.2, 0) is 13.0 Å². The first kappa shape index (κ1) is 14.9. The van der Waals surface area contributed by atoms with Gasteiger partial charge in [-0.15, -0.1) is 11.3 Å². The Morgan fingerprint density at radius 3 is 2.68 bits per heavy atom. The van der Waals surface area contributed by atoms with Crippen molar-refractivity contribution < 1.29 is 0 Å². The Balaban J connectivity index is 1.89. The molecule has 0 aliphatic heterocycles. The van der Waals surface area contributed by atoms with Crippen LogP contribution in [0.3, 0.4) is 0 Å². The molecule has 0 aliphatic rings. The number of hydrogen-bond donors (Lipinski definition) is 1. The number of nitrogens with one attached hydrogen (secondary N) is 1. The van der Waals surface area contributed by atoms with Crippen LogP contribution in [0.5, 0.6) is 0 Å². The summed E-state index contributed by atoms with van der Waals surface area (Å²) in [5, 5.41) is 4.75.